The SMILES string of the molecule is Cc1ccc(S(=O)(=O)N2CCC(C(=O)N3CCNC[C@@H]3C)CC2)cc1. The summed E-state index contributed by atoms with van der Waals surface area (Å²) in [6, 6.07) is 7.15. The van der Waals surface area contributed by atoms with Gasteiger partial charge in [0.25, 0.3) is 0 Å². The van der Waals surface area contributed by atoms with Crippen molar-refractivity contribution >= 4 is 15.9 Å². The number of aryl methyl sites for hydroxylation is 1. The Hall–Kier alpha value is -1.44. The summed E-state index contributed by atoms with van der Waals surface area (Å²) < 4.78 is 27.0. The molecule has 25 heavy (non-hydrogen) atoms. The number of carbonyl (C=O) groups is 1. The number of amides is 1. The minimum atomic E-state index is -3.47. The van der Waals surface area contributed by atoms with Gasteiger partial charge in [0.1, 0.15) is 0 Å². The van der Waals surface area contributed by atoms with Gasteiger partial charge in [-0.2, -0.15) is 4.31 Å². The Labute approximate surface area is 150 Å². The molecule has 1 amide bonds. The Morgan fingerprint density at radius 2 is 1.76 bits per heavy atom. The number of nitrogens with one attached hydrogen (secondary N) is 1. The molecule has 0 unspecified atom stereocenters. The maximum atomic E-state index is 12.8. The highest BCUT2D eigenvalue weighted by molar-refractivity contribution is 7.89. The number of hydrogen-bond acceptors (Lipinski definition) is 4. The molecule has 1 aromatic rings. The van der Waals surface area contributed by atoms with E-state index in [4.69, 9.17) is 0 Å². The molecule has 2 saturated heterocycles. The van der Waals surface area contributed by atoms with Crippen LogP contribution >= 0.6 is 0 Å². The second kappa shape index (κ2) is 7.43. The van der Waals surface area contributed by atoms with Gasteiger partial charge in [-0.3, -0.25) is 4.79 Å². The molecule has 138 valence electrons. The largest absolute Gasteiger partial charge is 0.337 e. The monoisotopic (exact) mass is 365 g/mol. The van der Waals surface area contributed by atoms with Crippen LogP contribution in [0, 0.1) is 12.8 Å². The molecule has 0 aromatic heterocycles. The van der Waals surface area contributed by atoms with Crippen LogP contribution in [0.4, 0.5) is 0 Å². The molecule has 3 rings (SSSR count). The van der Waals surface area contributed by atoms with Gasteiger partial charge in [-0.05, 0) is 38.8 Å². The summed E-state index contributed by atoms with van der Waals surface area (Å²) in [5, 5.41) is 3.29. The topological polar surface area (TPSA) is 69.7 Å². The predicted molar refractivity (Wildman–Crippen MR) is 96.7 cm³/mol. The van der Waals surface area contributed by atoms with Crippen LogP contribution in [-0.2, 0) is 14.8 Å². The molecule has 7 heteroatoms. The second-order valence-electron chi connectivity index (χ2n) is 7.08. The van der Waals surface area contributed by atoms with Crippen molar-refractivity contribution in [2.45, 2.75) is 37.6 Å². The van der Waals surface area contributed by atoms with Gasteiger partial charge in [-0.25, -0.2) is 8.42 Å². The van der Waals surface area contributed by atoms with E-state index in [2.05, 4.69) is 12.2 Å². The zero-order valence-corrected chi connectivity index (χ0v) is 15.8. The molecule has 0 aliphatic carbocycles. The summed E-state index contributed by atoms with van der Waals surface area (Å²) in [6.45, 7) is 7.21. The fourth-order valence-corrected chi connectivity index (χ4v) is 5.08. The van der Waals surface area contributed by atoms with E-state index in [1.807, 2.05) is 24.0 Å². The third-order valence-electron chi connectivity index (χ3n) is 5.25. The molecule has 0 bridgehead atoms. The normalized spacial score (nSPS) is 23.6. The van der Waals surface area contributed by atoms with Crippen molar-refractivity contribution < 1.29 is 13.2 Å². The van der Waals surface area contributed by atoms with Gasteiger partial charge >= 0.3 is 0 Å². The van der Waals surface area contributed by atoms with Gasteiger partial charge < -0.3 is 10.2 Å². The third-order valence-corrected chi connectivity index (χ3v) is 7.16. The zero-order chi connectivity index (χ0) is 18.0. The number of hydrogen-bond donors (Lipinski definition) is 1. The highest BCUT2D eigenvalue weighted by Gasteiger charge is 2.35. The van der Waals surface area contributed by atoms with Gasteiger partial charge in [-0.15, -0.1) is 0 Å². The summed E-state index contributed by atoms with van der Waals surface area (Å²) in [4.78, 5) is 15.0. The molecule has 2 aliphatic heterocycles. The average Bonchev–Trinajstić information content (AvgIpc) is 2.62. The smallest absolute Gasteiger partial charge is 0.243 e. The lowest BCUT2D eigenvalue weighted by molar-refractivity contribution is -0.139. The van der Waals surface area contributed by atoms with E-state index in [0.29, 0.717) is 30.8 Å². The van der Waals surface area contributed by atoms with Crippen molar-refractivity contribution in [1.82, 2.24) is 14.5 Å². The van der Waals surface area contributed by atoms with E-state index in [0.717, 1.165) is 25.2 Å². The van der Waals surface area contributed by atoms with Crippen molar-refractivity contribution in [2.75, 3.05) is 32.7 Å². The number of sulfonamides is 1. The van der Waals surface area contributed by atoms with Crippen LogP contribution in [0.5, 0.6) is 0 Å². The quantitative estimate of drug-likeness (QED) is 0.874. The fourth-order valence-electron chi connectivity index (χ4n) is 3.61. The van der Waals surface area contributed by atoms with Crippen LogP contribution in [0.15, 0.2) is 29.2 Å². The Balaban J connectivity index is 1.63. The van der Waals surface area contributed by atoms with E-state index < -0.39 is 10.0 Å². The molecule has 0 saturated carbocycles. The Morgan fingerprint density at radius 1 is 1.12 bits per heavy atom. The van der Waals surface area contributed by atoms with Gasteiger partial charge in [0.05, 0.1) is 4.90 Å². The Kier molecular flexibility index (Phi) is 5.46. The lowest BCUT2D eigenvalue weighted by Crippen LogP contribution is -2.55. The van der Waals surface area contributed by atoms with Crippen molar-refractivity contribution in [3.05, 3.63) is 29.8 Å². The van der Waals surface area contributed by atoms with E-state index in [1.54, 1.807) is 12.1 Å². The first-order valence-electron chi connectivity index (χ1n) is 8.97. The van der Waals surface area contributed by atoms with E-state index in [1.165, 1.54) is 4.31 Å². The molecule has 6 nitrogen and oxygen atoms in total. The summed E-state index contributed by atoms with van der Waals surface area (Å²) in [5.41, 5.74) is 1.04. The third kappa shape index (κ3) is 3.88. The van der Waals surface area contributed by atoms with E-state index in [-0.39, 0.29) is 17.9 Å². The molecule has 1 atom stereocenters. The minimum absolute atomic E-state index is 0.0648. The molecular formula is C18H27N3O3S. The number of benzene rings is 1. The van der Waals surface area contributed by atoms with E-state index in [9.17, 15) is 13.2 Å². The maximum absolute atomic E-state index is 12.8. The summed E-state index contributed by atoms with van der Waals surface area (Å²) in [6.07, 6.45) is 1.20. The van der Waals surface area contributed by atoms with Gasteiger partial charge in [-0.1, -0.05) is 17.7 Å². The molecule has 2 heterocycles. The number of piperidine rings is 1. The van der Waals surface area contributed by atoms with Crippen LogP contribution in [-0.4, -0.2) is 62.3 Å². The van der Waals surface area contributed by atoms with Crippen LogP contribution < -0.4 is 5.32 Å². The Morgan fingerprint density at radius 3 is 2.36 bits per heavy atom. The van der Waals surface area contributed by atoms with Crippen LogP contribution in [0.1, 0.15) is 25.3 Å². The number of nitrogens with zero attached hydrogens (tertiary/aromatic N) is 2. The molecule has 1 N–H and O–H groups in total. The molecule has 1 aromatic carbocycles. The number of rotatable bonds is 3. The van der Waals surface area contributed by atoms with Crippen molar-refractivity contribution in [2.24, 2.45) is 5.92 Å². The van der Waals surface area contributed by atoms with Crippen LogP contribution in [0.2, 0.25) is 0 Å². The molecule has 2 fully saturated rings. The van der Waals surface area contributed by atoms with Gasteiger partial charge in [0, 0.05) is 44.7 Å². The van der Waals surface area contributed by atoms with Crippen molar-refractivity contribution in [3.63, 3.8) is 0 Å². The lowest BCUT2D eigenvalue weighted by atomic mass is 9.95. The first kappa shape index (κ1) is 18.4. The molecule has 0 radical (unpaired) electrons. The Bertz CT molecular complexity index is 710. The molecular weight excluding hydrogens is 338 g/mol. The van der Waals surface area contributed by atoms with E-state index >= 15 is 0 Å². The summed E-state index contributed by atoms with van der Waals surface area (Å²) in [5.74, 6) is 0.117. The lowest BCUT2D eigenvalue weighted by Gasteiger charge is -2.38. The molecule has 0 spiro atoms. The summed E-state index contributed by atoms with van der Waals surface area (Å²) >= 11 is 0. The first-order valence-corrected chi connectivity index (χ1v) is 10.4. The standard InChI is InChI=1S/C18H27N3O3S/c1-14-3-5-17(6-4-14)25(23,24)20-10-7-16(8-11-20)18(22)21-12-9-19-13-15(21)2/h3-6,15-16,19H,7-13H2,1-2H3/t15-/m0/s1. The van der Waals surface area contributed by atoms with Gasteiger partial charge in [0.15, 0.2) is 0 Å². The highest BCUT2D eigenvalue weighted by atomic mass is 32.2. The first-order chi connectivity index (χ1) is 11.9. The molecule has 2 aliphatic rings. The van der Waals surface area contributed by atoms with Crippen molar-refractivity contribution in [3.8, 4) is 0 Å². The van der Waals surface area contributed by atoms with Crippen molar-refractivity contribution in [1.29, 1.82) is 0 Å². The second-order valence-corrected chi connectivity index (χ2v) is 9.01. The van der Waals surface area contributed by atoms with Gasteiger partial charge in [0.2, 0.25) is 15.9 Å². The highest BCUT2D eigenvalue weighted by Crippen LogP contribution is 2.26. The van der Waals surface area contributed by atoms with Crippen LogP contribution in [0.25, 0.3) is 0 Å². The minimum Gasteiger partial charge on any atom is -0.337 e. The zero-order valence-electron chi connectivity index (χ0n) is 14.9. The summed E-state index contributed by atoms with van der Waals surface area (Å²) in [7, 11) is -3.47. The number of piperazine rings is 1. The van der Waals surface area contributed by atoms with Crippen LogP contribution in [0.3, 0.4) is 0 Å². The predicted octanol–water partition coefficient (Wildman–Crippen LogP) is 1.22. The average molecular weight is 365 g/mol. The maximum Gasteiger partial charge on any atom is 0.243 e. The fraction of sp³-hybridized carbons (Fsp3) is 0.611. The number of carbonyl (C=O) groups excluding carboxylic acids is 1.